The number of hydrogen-bond acceptors (Lipinski definition) is 14. The third-order valence-electron chi connectivity index (χ3n) is 10.0. The molecule has 4 heterocycles. The first-order valence-electron chi connectivity index (χ1n) is 18.1. The molecule has 0 bridgehead atoms. The Kier molecular flexibility index (Phi) is 13.8. The summed E-state index contributed by atoms with van der Waals surface area (Å²) in [6.07, 6.45) is 1.81. The van der Waals surface area contributed by atoms with E-state index in [2.05, 4.69) is 52.3 Å². The van der Waals surface area contributed by atoms with Crippen LogP contribution in [0, 0.1) is 16.0 Å². The summed E-state index contributed by atoms with van der Waals surface area (Å²) in [5.74, 6) is -2.56. The van der Waals surface area contributed by atoms with Gasteiger partial charge in [0.05, 0.1) is 26.2 Å². The number of thiophene rings is 1. The molecule has 2 aromatic rings. The lowest BCUT2D eigenvalue weighted by Crippen LogP contribution is -2.62. The normalized spacial score (nSPS) is 21.0. The number of likely N-dealkylation sites (tertiary alicyclic amines) is 1. The van der Waals surface area contributed by atoms with Crippen molar-refractivity contribution >= 4 is 83.7 Å². The van der Waals surface area contributed by atoms with E-state index >= 15 is 0 Å². The number of benzene rings is 1. The van der Waals surface area contributed by atoms with Crippen LogP contribution >= 0.6 is 34.9 Å². The standard InChI is InChI=1S/C38H46N4O11S3Si/c1-9-17-50-34(45)27-15-16-28(55-27)39-31(43)26-19-25(20-40(26)37(47)52-21-23-11-13-24(14-12-23)42(48)49)54-36-30(35(46)51-18-10-2)41-32(44)29(33(41)56-36)22(3)53-57(7,8)38(4,5)6/h9-16,22,25-26,29,33H,1-2,17-21H2,3-8H3,(H,39,43)/t22?,25-,26-,29-,33+/m0/s1. The lowest BCUT2D eigenvalue weighted by atomic mass is 9.92. The van der Waals surface area contributed by atoms with Crippen molar-refractivity contribution in [2.75, 3.05) is 25.1 Å². The Morgan fingerprint density at radius 2 is 1.70 bits per heavy atom. The van der Waals surface area contributed by atoms with Crippen LogP contribution in [-0.4, -0.2) is 95.4 Å². The quantitative estimate of drug-likeness (QED) is 0.0338. The first-order valence-corrected chi connectivity index (χ1v) is 23.6. The molecule has 2 saturated heterocycles. The van der Waals surface area contributed by atoms with Crippen LogP contribution in [0.4, 0.5) is 15.5 Å². The van der Waals surface area contributed by atoms with Gasteiger partial charge in [0.15, 0.2) is 14.0 Å². The fraction of sp³-hybridized carbons (Fsp3) is 0.447. The van der Waals surface area contributed by atoms with Gasteiger partial charge in [-0.05, 0) is 61.3 Å². The summed E-state index contributed by atoms with van der Waals surface area (Å²) in [6.45, 7) is 19.4. The van der Waals surface area contributed by atoms with Crippen LogP contribution in [0.2, 0.25) is 18.1 Å². The maximum Gasteiger partial charge on any atom is 0.410 e. The molecule has 0 spiro atoms. The number of rotatable bonds is 16. The first kappa shape index (κ1) is 43.7. The van der Waals surface area contributed by atoms with Crippen molar-refractivity contribution in [1.29, 1.82) is 0 Å². The molecule has 3 aliphatic heterocycles. The van der Waals surface area contributed by atoms with Gasteiger partial charge in [0.2, 0.25) is 11.8 Å². The number of carbonyl (C=O) groups is 5. The van der Waals surface area contributed by atoms with E-state index in [1.165, 1.54) is 75.8 Å². The summed E-state index contributed by atoms with van der Waals surface area (Å²) in [7, 11) is -2.24. The predicted octanol–water partition coefficient (Wildman–Crippen LogP) is 7.29. The Bertz CT molecular complexity index is 1960. The molecule has 1 N–H and O–H groups in total. The van der Waals surface area contributed by atoms with E-state index in [0.717, 1.165) is 11.3 Å². The van der Waals surface area contributed by atoms with Crippen molar-refractivity contribution in [2.24, 2.45) is 5.92 Å². The van der Waals surface area contributed by atoms with Gasteiger partial charge in [0, 0.05) is 23.9 Å². The van der Waals surface area contributed by atoms with Gasteiger partial charge >= 0.3 is 18.0 Å². The second kappa shape index (κ2) is 18.0. The Balaban J connectivity index is 1.37. The minimum absolute atomic E-state index is 0.0238. The van der Waals surface area contributed by atoms with E-state index in [4.69, 9.17) is 18.6 Å². The van der Waals surface area contributed by atoms with Crippen molar-refractivity contribution in [3.05, 3.63) is 92.2 Å². The number of anilines is 1. The SMILES string of the molecule is C=CCOC(=O)C1=C(S[C@H]2C[C@@H](C(=O)Nc3ccc(C(=O)OCC=C)s3)N(C(=O)OCc3ccc([N+](=O)[O-])cc3)C2)S[C@@H]2[C@@H](C(C)O[Si](C)(C)C(C)(C)C)C(=O)N12. The highest BCUT2D eigenvalue weighted by Crippen LogP contribution is 2.56. The van der Waals surface area contributed by atoms with Gasteiger partial charge in [-0.3, -0.25) is 29.5 Å². The molecule has 0 radical (unpaired) electrons. The molecular formula is C38H46N4O11S3Si. The van der Waals surface area contributed by atoms with Crippen molar-refractivity contribution in [1.82, 2.24) is 9.80 Å². The molecular weight excluding hydrogens is 813 g/mol. The highest BCUT2D eigenvalue weighted by molar-refractivity contribution is 8.23. The van der Waals surface area contributed by atoms with Crippen LogP contribution in [0.3, 0.4) is 0 Å². The van der Waals surface area contributed by atoms with Crippen LogP contribution < -0.4 is 5.32 Å². The number of ether oxygens (including phenoxy) is 3. The van der Waals surface area contributed by atoms with Crippen LogP contribution in [0.15, 0.2) is 71.6 Å². The number of nitrogens with zero attached hydrogens (tertiary/aromatic N) is 3. The molecule has 306 valence electrons. The van der Waals surface area contributed by atoms with Gasteiger partial charge in [-0.2, -0.15) is 0 Å². The number of nitro benzene ring substituents is 1. The molecule has 2 fully saturated rings. The molecule has 1 aromatic carbocycles. The minimum atomic E-state index is -2.24. The van der Waals surface area contributed by atoms with Gasteiger partial charge in [-0.15, -0.1) is 23.1 Å². The van der Waals surface area contributed by atoms with Gasteiger partial charge in [-0.25, -0.2) is 14.4 Å². The molecule has 19 heteroatoms. The molecule has 57 heavy (non-hydrogen) atoms. The lowest BCUT2D eigenvalue weighted by Gasteiger charge is -2.48. The average Bonchev–Trinajstić information content (AvgIpc) is 3.88. The number of β-lactam (4-membered cyclic amide) rings is 1. The Hall–Kier alpha value is -4.43. The van der Waals surface area contributed by atoms with Crippen LogP contribution in [0.5, 0.6) is 0 Å². The topological polar surface area (TPSA) is 184 Å². The number of esters is 2. The number of hydrogen-bond donors (Lipinski definition) is 1. The number of nitro groups is 1. The van der Waals surface area contributed by atoms with Gasteiger partial charge in [0.1, 0.15) is 36.1 Å². The van der Waals surface area contributed by atoms with Gasteiger partial charge in [-0.1, -0.05) is 57.8 Å². The maximum absolute atomic E-state index is 13.9. The fourth-order valence-electron chi connectivity index (χ4n) is 6.08. The van der Waals surface area contributed by atoms with Gasteiger partial charge in [0.25, 0.3) is 5.69 Å². The molecule has 0 saturated carbocycles. The zero-order valence-corrected chi connectivity index (χ0v) is 36.0. The Labute approximate surface area is 344 Å². The van der Waals surface area contributed by atoms with E-state index in [-0.39, 0.29) is 60.0 Å². The number of carbonyl (C=O) groups excluding carboxylic acids is 5. The average molecular weight is 859 g/mol. The van der Waals surface area contributed by atoms with Gasteiger partial charge < -0.3 is 24.0 Å². The van der Waals surface area contributed by atoms with Crippen molar-refractivity contribution in [3.8, 4) is 0 Å². The molecule has 0 aliphatic carbocycles. The third kappa shape index (κ3) is 9.82. The highest BCUT2D eigenvalue weighted by Gasteiger charge is 2.60. The molecule has 1 unspecified atom stereocenters. The van der Waals surface area contributed by atoms with E-state index in [1.807, 2.05) is 6.92 Å². The highest BCUT2D eigenvalue weighted by atomic mass is 32.2. The summed E-state index contributed by atoms with van der Waals surface area (Å²) in [6, 6.07) is 7.58. The second-order valence-corrected chi connectivity index (χ2v) is 23.5. The molecule has 3 aliphatic rings. The first-order chi connectivity index (χ1) is 26.9. The van der Waals surface area contributed by atoms with E-state index in [9.17, 15) is 34.1 Å². The second-order valence-electron chi connectivity index (χ2n) is 15.0. The summed E-state index contributed by atoms with van der Waals surface area (Å²) in [5.41, 5.74) is 0.488. The van der Waals surface area contributed by atoms with Crippen molar-refractivity contribution in [3.63, 3.8) is 0 Å². The fourth-order valence-corrected chi connectivity index (χ4v) is 11.7. The monoisotopic (exact) mass is 858 g/mol. The Morgan fingerprint density at radius 1 is 1.05 bits per heavy atom. The number of nitrogens with one attached hydrogen (secondary N) is 1. The minimum Gasteiger partial charge on any atom is -0.457 e. The number of non-ortho nitro benzene ring substituents is 1. The zero-order valence-electron chi connectivity index (χ0n) is 32.5. The molecule has 5 rings (SSSR count). The smallest absolute Gasteiger partial charge is 0.410 e. The predicted molar refractivity (Wildman–Crippen MR) is 221 cm³/mol. The molecule has 15 nitrogen and oxygen atoms in total. The van der Waals surface area contributed by atoms with Crippen molar-refractivity contribution < 1.29 is 47.5 Å². The van der Waals surface area contributed by atoms with E-state index in [0.29, 0.717) is 14.8 Å². The largest absolute Gasteiger partial charge is 0.457 e. The molecule has 5 atom stereocenters. The number of amides is 3. The lowest BCUT2D eigenvalue weighted by molar-refractivity contribution is -0.384. The summed E-state index contributed by atoms with van der Waals surface area (Å²) < 4.78 is 23.3. The molecule has 1 aromatic heterocycles. The van der Waals surface area contributed by atoms with Crippen LogP contribution in [0.1, 0.15) is 49.4 Å². The zero-order chi connectivity index (χ0) is 41.8. The number of thioether (sulfide) groups is 2. The van der Waals surface area contributed by atoms with E-state index in [1.54, 1.807) is 6.07 Å². The summed E-state index contributed by atoms with van der Waals surface area (Å²) in [5, 5.41) is 13.3. The third-order valence-corrected chi connectivity index (χ3v) is 18.4. The molecule has 3 amide bonds. The van der Waals surface area contributed by atoms with Crippen LogP contribution in [-0.2, 0) is 39.6 Å². The van der Waals surface area contributed by atoms with Crippen molar-refractivity contribution in [2.45, 2.75) is 81.6 Å². The Morgan fingerprint density at radius 3 is 2.32 bits per heavy atom. The summed E-state index contributed by atoms with van der Waals surface area (Å²) in [4.78, 5) is 80.7. The van der Waals surface area contributed by atoms with E-state index < -0.39 is 65.9 Å². The van der Waals surface area contributed by atoms with Crippen LogP contribution in [0.25, 0.3) is 0 Å². The number of fused-ring (bicyclic) bond motifs is 1. The maximum atomic E-state index is 13.9. The summed E-state index contributed by atoms with van der Waals surface area (Å²) >= 11 is 3.64.